The predicted octanol–water partition coefficient (Wildman–Crippen LogP) is -0.514. The number of likely N-dealkylation sites (tertiary alicyclic amines) is 1. The van der Waals surface area contributed by atoms with E-state index in [1.807, 2.05) is 0 Å². The molecule has 2 amide bonds. The van der Waals surface area contributed by atoms with Gasteiger partial charge >= 0.3 is 11.7 Å². The Morgan fingerprint density at radius 2 is 2.09 bits per heavy atom. The van der Waals surface area contributed by atoms with Crippen molar-refractivity contribution in [3.63, 3.8) is 0 Å². The summed E-state index contributed by atoms with van der Waals surface area (Å²) in [5.74, 6) is -1.19. The van der Waals surface area contributed by atoms with E-state index in [2.05, 4.69) is 10.4 Å². The molecule has 2 aromatic rings. The quantitative estimate of drug-likeness (QED) is 0.748. The molecule has 1 atom stereocenters. The van der Waals surface area contributed by atoms with Gasteiger partial charge in [-0.1, -0.05) is 6.07 Å². The number of hydrogen-bond acceptors (Lipinski definition) is 5. The third-order valence-corrected chi connectivity index (χ3v) is 3.64. The lowest BCUT2D eigenvalue weighted by molar-refractivity contribution is -0.121. The van der Waals surface area contributed by atoms with E-state index in [4.69, 9.17) is 5.73 Å². The van der Waals surface area contributed by atoms with E-state index in [1.54, 1.807) is 0 Å². The third-order valence-electron chi connectivity index (χ3n) is 3.64. The summed E-state index contributed by atoms with van der Waals surface area (Å²) in [5.41, 5.74) is 4.54. The van der Waals surface area contributed by atoms with Crippen molar-refractivity contribution in [2.75, 3.05) is 6.54 Å². The fourth-order valence-electron chi connectivity index (χ4n) is 2.55. The molecule has 1 aromatic carbocycles. The average molecular weight is 320 g/mol. The number of carbonyl (C=O) groups excluding carboxylic acids is 2. The van der Waals surface area contributed by atoms with Crippen molar-refractivity contribution in [3.8, 4) is 5.69 Å². The second-order valence-corrected chi connectivity index (χ2v) is 5.10. The van der Waals surface area contributed by atoms with Gasteiger partial charge in [-0.2, -0.15) is 4.68 Å². The van der Waals surface area contributed by atoms with E-state index in [0.29, 0.717) is 24.1 Å². The molecule has 0 radical (unpaired) electrons. The van der Waals surface area contributed by atoms with Gasteiger partial charge in [0.05, 0.1) is 5.69 Å². The van der Waals surface area contributed by atoms with Crippen LogP contribution >= 0.6 is 0 Å². The van der Waals surface area contributed by atoms with E-state index in [0.717, 1.165) is 10.7 Å². The highest BCUT2D eigenvalue weighted by Gasteiger charge is 2.35. The van der Waals surface area contributed by atoms with Crippen LogP contribution in [0.3, 0.4) is 0 Å². The zero-order valence-corrected chi connectivity index (χ0v) is 11.9. The van der Waals surface area contributed by atoms with Gasteiger partial charge in [-0.3, -0.25) is 4.79 Å². The minimum Gasteiger partial charge on any atom is -0.368 e. The lowest BCUT2D eigenvalue weighted by Crippen LogP contribution is -2.48. The molecule has 0 unspecified atom stereocenters. The molecule has 1 saturated heterocycles. The molecule has 2 heterocycles. The van der Waals surface area contributed by atoms with Gasteiger partial charge in [0.25, 0.3) is 0 Å². The Bertz CT molecular complexity index is 829. The molecular weight excluding hydrogens is 307 g/mol. The van der Waals surface area contributed by atoms with Crippen LogP contribution in [0.1, 0.15) is 12.8 Å². The number of carbonyl (C=O) groups is 2. The zero-order valence-electron chi connectivity index (χ0n) is 11.9. The van der Waals surface area contributed by atoms with Crippen molar-refractivity contribution in [1.29, 1.82) is 0 Å². The van der Waals surface area contributed by atoms with Gasteiger partial charge in [0.1, 0.15) is 11.9 Å². The molecule has 10 heteroatoms. The molecule has 0 aliphatic carbocycles. The minimum atomic E-state index is -0.851. The van der Waals surface area contributed by atoms with E-state index in [1.165, 1.54) is 23.1 Å². The Kier molecular flexibility index (Phi) is 3.64. The highest BCUT2D eigenvalue weighted by molar-refractivity contribution is 5.86. The van der Waals surface area contributed by atoms with Crippen molar-refractivity contribution in [3.05, 3.63) is 40.6 Å². The predicted molar refractivity (Wildman–Crippen MR) is 75.3 cm³/mol. The molecule has 9 nitrogen and oxygen atoms in total. The first-order valence-corrected chi connectivity index (χ1v) is 6.90. The first kappa shape index (κ1) is 14.9. The summed E-state index contributed by atoms with van der Waals surface area (Å²) in [7, 11) is 0. The van der Waals surface area contributed by atoms with Gasteiger partial charge in [-0.25, -0.2) is 14.0 Å². The van der Waals surface area contributed by atoms with Crippen LogP contribution in [-0.2, 0) is 4.79 Å². The summed E-state index contributed by atoms with van der Waals surface area (Å²) in [6.45, 7) is 0.297. The van der Waals surface area contributed by atoms with Crippen LogP contribution in [0.2, 0.25) is 0 Å². The second kappa shape index (κ2) is 5.63. The van der Waals surface area contributed by atoms with E-state index in [9.17, 15) is 18.8 Å². The molecule has 2 N–H and O–H groups in total. The van der Waals surface area contributed by atoms with Crippen molar-refractivity contribution in [2.45, 2.75) is 18.9 Å². The fourth-order valence-corrected chi connectivity index (χ4v) is 2.55. The van der Waals surface area contributed by atoms with Gasteiger partial charge < -0.3 is 10.6 Å². The molecule has 3 rings (SSSR count). The second-order valence-electron chi connectivity index (χ2n) is 5.10. The average Bonchev–Trinajstić information content (AvgIpc) is 3.13. The number of halogens is 1. The molecule has 1 fully saturated rings. The van der Waals surface area contributed by atoms with Gasteiger partial charge in [-0.05, 0) is 41.5 Å². The first-order chi connectivity index (χ1) is 11.0. The largest absolute Gasteiger partial charge is 0.377 e. The number of primary amides is 1. The number of hydrogen-bond donors (Lipinski definition) is 1. The molecule has 23 heavy (non-hydrogen) atoms. The van der Waals surface area contributed by atoms with Crippen molar-refractivity contribution < 1.29 is 14.0 Å². The summed E-state index contributed by atoms with van der Waals surface area (Å²) >= 11 is 0. The molecule has 1 aliphatic heterocycles. The number of nitrogens with two attached hydrogens (primary N) is 1. The number of aromatic nitrogens is 4. The number of amides is 2. The topological polar surface area (TPSA) is 116 Å². The smallest absolute Gasteiger partial charge is 0.368 e. The maximum Gasteiger partial charge on any atom is 0.377 e. The highest BCUT2D eigenvalue weighted by Crippen LogP contribution is 2.17. The SMILES string of the molecule is NC(=O)[C@@H]1CCCN1C(=O)n1nnn(-c2cccc(F)c2)c1=O. The number of rotatable bonds is 2. The van der Waals surface area contributed by atoms with Crippen molar-refractivity contribution in [2.24, 2.45) is 5.73 Å². The molecule has 0 spiro atoms. The highest BCUT2D eigenvalue weighted by atomic mass is 19.1. The Hall–Kier alpha value is -3.04. The Labute approximate surface area is 129 Å². The first-order valence-electron chi connectivity index (χ1n) is 6.90. The summed E-state index contributed by atoms with van der Waals surface area (Å²) in [6, 6.07) is 3.61. The lowest BCUT2D eigenvalue weighted by Gasteiger charge is -2.20. The van der Waals surface area contributed by atoms with E-state index in [-0.39, 0.29) is 5.69 Å². The summed E-state index contributed by atoms with van der Waals surface area (Å²) in [6.07, 6.45) is 1.04. The Morgan fingerprint density at radius 1 is 1.30 bits per heavy atom. The molecule has 1 aromatic heterocycles. The van der Waals surface area contributed by atoms with Crippen LogP contribution in [0.15, 0.2) is 29.1 Å². The molecule has 1 aliphatic rings. The lowest BCUT2D eigenvalue weighted by atomic mass is 10.2. The van der Waals surface area contributed by atoms with Gasteiger partial charge in [0, 0.05) is 6.54 Å². The summed E-state index contributed by atoms with van der Waals surface area (Å²) < 4.78 is 14.6. The maximum absolute atomic E-state index is 13.2. The van der Waals surface area contributed by atoms with Crippen LogP contribution < -0.4 is 11.4 Å². The molecule has 0 saturated carbocycles. The van der Waals surface area contributed by atoms with Crippen molar-refractivity contribution >= 4 is 11.9 Å². The number of benzene rings is 1. The fraction of sp³-hybridized carbons (Fsp3) is 0.308. The third kappa shape index (κ3) is 2.58. The van der Waals surface area contributed by atoms with Crippen LogP contribution in [0.25, 0.3) is 5.69 Å². The zero-order chi connectivity index (χ0) is 16.6. The Morgan fingerprint density at radius 3 is 2.78 bits per heavy atom. The van der Waals surface area contributed by atoms with Crippen molar-refractivity contribution in [1.82, 2.24) is 24.7 Å². The van der Waals surface area contributed by atoms with Crippen LogP contribution in [0.4, 0.5) is 9.18 Å². The van der Waals surface area contributed by atoms with Gasteiger partial charge in [-0.15, -0.1) is 4.68 Å². The number of tetrazole rings is 1. The van der Waals surface area contributed by atoms with Gasteiger partial charge in [0.15, 0.2) is 0 Å². The minimum absolute atomic E-state index is 0.141. The summed E-state index contributed by atoms with van der Waals surface area (Å²) in [4.78, 5) is 37.2. The standard InChI is InChI=1S/C13H13FN6O3/c14-8-3-1-4-9(7-8)19-13(23)20(17-16-19)12(22)18-6-2-5-10(18)11(15)21/h1,3-4,7,10H,2,5-6H2,(H2,15,21)/t10-/m0/s1. The van der Waals surface area contributed by atoms with Gasteiger partial charge in [0.2, 0.25) is 5.91 Å². The molecule has 0 bridgehead atoms. The number of nitrogens with zero attached hydrogens (tertiary/aromatic N) is 5. The monoisotopic (exact) mass is 320 g/mol. The maximum atomic E-state index is 13.2. The molecule has 120 valence electrons. The van der Waals surface area contributed by atoms with Crippen LogP contribution in [-0.4, -0.2) is 49.2 Å². The van der Waals surface area contributed by atoms with Crippen LogP contribution in [0, 0.1) is 5.82 Å². The normalized spacial score (nSPS) is 17.4. The van der Waals surface area contributed by atoms with Crippen LogP contribution in [0.5, 0.6) is 0 Å². The van der Waals surface area contributed by atoms with E-state index >= 15 is 0 Å². The Balaban J connectivity index is 1.95. The molecular formula is C13H13FN6O3. The van der Waals surface area contributed by atoms with E-state index < -0.39 is 29.5 Å². The summed E-state index contributed by atoms with van der Waals surface area (Å²) in [5, 5.41) is 7.09.